The van der Waals surface area contributed by atoms with Crippen LogP contribution in [0.3, 0.4) is 0 Å². The Morgan fingerprint density at radius 1 is 1.19 bits per heavy atom. The molecule has 0 heterocycles. The number of thioether (sulfide) groups is 1. The molecule has 2 rings (SSSR count). The van der Waals surface area contributed by atoms with Crippen LogP contribution >= 0.6 is 11.8 Å². The zero-order valence-corrected chi connectivity index (χ0v) is 12.0. The molecular formula is C15H15N3O2S. The molecule has 1 atom stereocenters. The van der Waals surface area contributed by atoms with E-state index in [1.54, 1.807) is 23.9 Å². The van der Waals surface area contributed by atoms with Gasteiger partial charge in [-0.3, -0.25) is 15.5 Å². The van der Waals surface area contributed by atoms with Crippen LogP contribution < -0.4 is 5.73 Å². The summed E-state index contributed by atoms with van der Waals surface area (Å²) in [5, 5.41) is 18.2. The smallest absolute Gasteiger partial charge is 0.269 e. The van der Waals surface area contributed by atoms with E-state index < -0.39 is 4.92 Å². The van der Waals surface area contributed by atoms with Gasteiger partial charge in [0, 0.05) is 28.7 Å². The lowest BCUT2D eigenvalue weighted by molar-refractivity contribution is -0.384. The summed E-state index contributed by atoms with van der Waals surface area (Å²) in [6.07, 6.45) is 0.436. The van der Waals surface area contributed by atoms with Crippen LogP contribution in [0.25, 0.3) is 0 Å². The fraction of sp³-hybridized carbons (Fsp3) is 0.133. The van der Waals surface area contributed by atoms with E-state index in [1.165, 1.54) is 12.1 Å². The fourth-order valence-electron chi connectivity index (χ4n) is 1.91. The third-order valence-corrected chi connectivity index (χ3v) is 4.17. The molecule has 108 valence electrons. The second-order valence-corrected chi connectivity index (χ2v) is 5.77. The topological polar surface area (TPSA) is 93.0 Å². The Bertz CT molecular complexity index is 629. The van der Waals surface area contributed by atoms with Crippen LogP contribution in [0.4, 0.5) is 5.69 Å². The van der Waals surface area contributed by atoms with Crippen LogP contribution in [0.5, 0.6) is 0 Å². The first-order chi connectivity index (χ1) is 10.1. The maximum Gasteiger partial charge on any atom is 0.269 e. The van der Waals surface area contributed by atoms with Crippen molar-refractivity contribution in [3.8, 4) is 0 Å². The zero-order valence-electron chi connectivity index (χ0n) is 11.2. The molecule has 0 amide bonds. The van der Waals surface area contributed by atoms with E-state index in [-0.39, 0.29) is 16.8 Å². The SMILES string of the molecule is N=C(N)CC(Sc1ccc([N+](=O)[O-])cc1)c1ccccc1. The van der Waals surface area contributed by atoms with Gasteiger partial charge in [-0.25, -0.2) is 0 Å². The van der Waals surface area contributed by atoms with Crippen molar-refractivity contribution in [2.75, 3.05) is 0 Å². The number of non-ortho nitro benzene ring substituents is 1. The summed E-state index contributed by atoms with van der Waals surface area (Å²) in [6, 6.07) is 16.2. The molecule has 21 heavy (non-hydrogen) atoms. The van der Waals surface area contributed by atoms with Crippen LogP contribution in [0.2, 0.25) is 0 Å². The molecule has 0 fully saturated rings. The van der Waals surface area contributed by atoms with Crippen molar-refractivity contribution in [2.24, 2.45) is 5.73 Å². The number of nitro groups is 1. The van der Waals surface area contributed by atoms with Crippen LogP contribution in [-0.4, -0.2) is 10.8 Å². The van der Waals surface area contributed by atoms with Gasteiger partial charge in [0.05, 0.1) is 10.8 Å². The van der Waals surface area contributed by atoms with Crippen molar-refractivity contribution < 1.29 is 4.92 Å². The quantitative estimate of drug-likeness (QED) is 0.279. The van der Waals surface area contributed by atoms with Gasteiger partial charge in [-0.2, -0.15) is 0 Å². The molecule has 1 unspecified atom stereocenters. The Balaban J connectivity index is 2.18. The second-order valence-electron chi connectivity index (χ2n) is 4.50. The highest BCUT2D eigenvalue weighted by Crippen LogP contribution is 2.38. The molecule has 5 nitrogen and oxygen atoms in total. The highest BCUT2D eigenvalue weighted by Gasteiger charge is 2.15. The first kappa shape index (κ1) is 15.1. The van der Waals surface area contributed by atoms with E-state index in [4.69, 9.17) is 11.1 Å². The van der Waals surface area contributed by atoms with Gasteiger partial charge in [0.2, 0.25) is 0 Å². The number of amidine groups is 1. The van der Waals surface area contributed by atoms with E-state index in [9.17, 15) is 10.1 Å². The van der Waals surface area contributed by atoms with Gasteiger partial charge in [-0.05, 0) is 17.7 Å². The van der Waals surface area contributed by atoms with Gasteiger partial charge in [0.1, 0.15) is 0 Å². The van der Waals surface area contributed by atoms with E-state index in [0.717, 1.165) is 10.5 Å². The van der Waals surface area contributed by atoms with E-state index in [1.807, 2.05) is 30.3 Å². The third-order valence-electron chi connectivity index (χ3n) is 2.90. The summed E-state index contributed by atoms with van der Waals surface area (Å²) in [4.78, 5) is 11.2. The minimum absolute atomic E-state index is 0.0187. The standard InChI is InChI=1S/C15H15N3O2S/c16-15(17)10-14(11-4-2-1-3-5-11)21-13-8-6-12(7-9-13)18(19)20/h1-9,14H,10H2,(H3,16,17). The van der Waals surface area contributed by atoms with Crippen LogP contribution in [0, 0.1) is 15.5 Å². The molecule has 0 aromatic heterocycles. The molecule has 0 aliphatic carbocycles. The lowest BCUT2D eigenvalue weighted by Gasteiger charge is -2.16. The molecule has 2 aromatic rings. The van der Waals surface area contributed by atoms with Crippen molar-refractivity contribution in [3.63, 3.8) is 0 Å². The number of hydrogen-bond donors (Lipinski definition) is 2. The predicted molar refractivity (Wildman–Crippen MR) is 84.7 cm³/mol. The monoisotopic (exact) mass is 301 g/mol. The van der Waals surface area contributed by atoms with Gasteiger partial charge in [-0.15, -0.1) is 11.8 Å². The Hall–Kier alpha value is -2.34. The summed E-state index contributed by atoms with van der Waals surface area (Å²) in [5.74, 6) is 0.123. The van der Waals surface area contributed by atoms with Crippen molar-refractivity contribution in [3.05, 3.63) is 70.3 Å². The van der Waals surface area contributed by atoms with E-state index in [2.05, 4.69) is 0 Å². The minimum Gasteiger partial charge on any atom is -0.388 e. The number of nitrogens with one attached hydrogen (secondary N) is 1. The molecule has 6 heteroatoms. The number of nitrogens with two attached hydrogens (primary N) is 1. The number of nitrogens with zero attached hydrogens (tertiary/aromatic N) is 1. The first-order valence-corrected chi connectivity index (χ1v) is 7.23. The summed E-state index contributed by atoms with van der Waals surface area (Å²) in [6.45, 7) is 0. The highest BCUT2D eigenvalue weighted by atomic mass is 32.2. The lowest BCUT2D eigenvalue weighted by atomic mass is 10.1. The summed E-state index contributed by atoms with van der Waals surface area (Å²) >= 11 is 1.55. The average Bonchev–Trinajstić information content (AvgIpc) is 2.47. The Morgan fingerprint density at radius 2 is 1.81 bits per heavy atom. The van der Waals surface area contributed by atoms with Gasteiger partial charge in [-0.1, -0.05) is 30.3 Å². The Kier molecular flexibility index (Phi) is 4.94. The molecular weight excluding hydrogens is 286 g/mol. The van der Waals surface area contributed by atoms with Crippen molar-refractivity contribution >= 4 is 23.3 Å². The average molecular weight is 301 g/mol. The molecule has 0 bridgehead atoms. The molecule has 0 saturated heterocycles. The van der Waals surface area contributed by atoms with Gasteiger partial charge >= 0.3 is 0 Å². The van der Waals surface area contributed by atoms with E-state index in [0.29, 0.717) is 6.42 Å². The molecule has 0 spiro atoms. The predicted octanol–water partition coefficient (Wildman–Crippen LogP) is 3.75. The van der Waals surface area contributed by atoms with Gasteiger partial charge in [0.25, 0.3) is 5.69 Å². The number of benzene rings is 2. The zero-order chi connectivity index (χ0) is 15.2. The molecule has 0 saturated carbocycles. The molecule has 0 aliphatic heterocycles. The minimum atomic E-state index is -0.418. The van der Waals surface area contributed by atoms with Crippen LogP contribution in [0.1, 0.15) is 17.2 Å². The number of nitro benzene ring substituents is 1. The van der Waals surface area contributed by atoms with Crippen molar-refractivity contribution in [1.82, 2.24) is 0 Å². The molecule has 3 N–H and O–H groups in total. The van der Waals surface area contributed by atoms with Crippen molar-refractivity contribution in [1.29, 1.82) is 5.41 Å². The maximum atomic E-state index is 10.7. The summed E-state index contributed by atoms with van der Waals surface area (Å²) in [7, 11) is 0. The fourth-order valence-corrected chi connectivity index (χ4v) is 3.08. The number of hydrogen-bond acceptors (Lipinski definition) is 4. The van der Waals surface area contributed by atoms with E-state index >= 15 is 0 Å². The first-order valence-electron chi connectivity index (χ1n) is 6.35. The normalized spacial score (nSPS) is 11.8. The molecule has 0 radical (unpaired) electrons. The lowest BCUT2D eigenvalue weighted by Crippen LogP contribution is -2.13. The van der Waals surface area contributed by atoms with Crippen molar-refractivity contribution in [2.45, 2.75) is 16.6 Å². The van der Waals surface area contributed by atoms with Crippen LogP contribution in [0.15, 0.2) is 59.5 Å². The summed E-state index contributed by atoms with van der Waals surface area (Å²) in [5.41, 5.74) is 6.68. The summed E-state index contributed by atoms with van der Waals surface area (Å²) < 4.78 is 0. The highest BCUT2D eigenvalue weighted by molar-refractivity contribution is 7.99. The van der Waals surface area contributed by atoms with Crippen LogP contribution in [-0.2, 0) is 0 Å². The Morgan fingerprint density at radius 3 is 2.33 bits per heavy atom. The van der Waals surface area contributed by atoms with Gasteiger partial charge in [0.15, 0.2) is 0 Å². The second kappa shape index (κ2) is 6.90. The Labute approximate surface area is 126 Å². The third kappa shape index (κ3) is 4.32. The molecule has 2 aromatic carbocycles. The number of rotatable bonds is 6. The van der Waals surface area contributed by atoms with Gasteiger partial charge < -0.3 is 5.73 Å². The largest absolute Gasteiger partial charge is 0.388 e. The molecule has 0 aliphatic rings. The maximum absolute atomic E-state index is 10.7.